The molecule has 9 heteroatoms. The molecule has 0 fully saturated rings. The Kier molecular flexibility index (Phi) is 15.2. The Labute approximate surface area is 109 Å². The van der Waals surface area contributed by atoms with Gasteiger partial charge in [-0.05, 0) is 27.7 Å². The number of oxime groups is 2. The molecule has 0 aliphatic carbocycles. The summed E-state index contributed by atoms with van der Waals surface area (Å²) in [4.78, 5) is 0. The molecule has 0 aliphatic heterocycles. The minimum atomic E-state index is 0. The van der Waals surface area contributed by atoms with Gasteiger partial charge < -0.3 is 31.1 Å². The fourth-order valence-corrected chi connectivity index (χ4v) is 0.277. The van der Waals surface area contributed by atoms with E-state index in [9.17, 15) is 10.4 Å². The van der Waals surface area contributed by atoms with Crippen LogP contribution in [0.3, 0.4) is 0 Å². The van der Waals surface area contributed by atoms with Gasteiger partial charge in [-0.3, -0.25) is 0 Å². The third-order valence-electron chi connectivity index (χ3n) is 1.62. The van der Waals surface area contributed by atoms with E-state index in [1.54, 1.807) is 0 Å². The molecule has 0 unspecified atom stereocenters. The summed E-state index contributed by atoms with van der Waals surface area (Å²) in [5, 5.41) is 45.8. The fourth-order valence-electron chi connectivity index (χ4n) is 0.277. The van der Waals surface area contributed by atoms with Crippen molar-refractivity contribution in [3.63, 3.8) is 0 Å². The third kappa shape index (κ3) is 10.7. The zero-order valence-electron chi connectivity index (χ0n) is 9.80. The maximum Gasteiger partial charge on any atom is 2.00 e. The van der Waals surface area contributed by atoms with Crippen LogP contribution in [0.4, 0.5) is 0 Å². The Morgan fingerprint density at radius 2 is 0.941 bits per heavy atom. The predicted molar refractivity (Wildman–Crippen MR) is 62.7 cm³/mol. The molecule has 0 spiro atoms. The zero-order chi connectivity index (χ0) is 13.1. The molecule has 0 aromatic rings. The fraction of sp³-hybridized carbons (Fsp3) is 0.500. The van der Waals surface area contributed by atoms with Crippen LogP contribution in [0.2, 0.25) is 0 Å². The minimum Gasteiger partial charge on any atom is -0.792 e. The Bertz CT molecular complexity index is 261. The van der Waals surface area contributed by atoms with E-state index in [1.807, 2.05) is 0 Å². The maximum absolute atomic E-state index is 9.60. The Hall–Kier alpha value is -1.60. The first-order valence-corrected chi connectivity index (χ1v) is 4.16. The van der Waals surface area contributed by atoms with Crippen molar-refractivity contribution in [3.8, 4) is 0 Å². The monoisotopic (exact) mass is 293 g/mol. The van der Waals surface area contributed by atoms with Crippen LogP contribution < -0.4 is 0 Å². The van der Waals surface area contributed by atoms with Gasteiger partial charge in [-0.2, -0.15) is 0 Å². The average molecular weight is 294 g/mol. The number of hydrogen-bond acceptors (Lipinski definition) is 8. The molecule has 0 atom stereocenters. The van der Waals surface area contributed by atoms with Crippen molar-refractivity contribution in [1.82, 2.24) is 0 Å². The van der Waals surface area contributed by atoms with Crippen molar-refractivity contribution in [3.05, 3.63) is 10.4 Å². The molecular weight excluding hydrogens is 280 g/mol. The molecule has 0 heterocycles. The minimum absolute atomic E-state index is 0. The van der Waals surface area contributed by atoms with Crippen LogP contribution in [0.5, 0.6) is 0 Å². The van der Waals surface area contributed by atoms with Crippen LogP contribution in [0.1, 0.15) is 27.7 Å². The summed E-state index contributed by atoms with van der Waals surface area (Å²) in [5.41, 5.74) is 0.903. The largest absolute Gasteiger partial charge is 2.00 e. The molecule has 0 rings (SSSR count). The van der Waals surface area contributed by atoms with Crippen molar-refractivity contribution in [1.29, 1.82) is 0 Å². The Morgan fingerprint density at radius 3 is 1.06 bits per heavy atom. The summed E-state index contributed by atoms with van der Waals surface area (Å²) < 4.78 is 0. The van der Waals surface area contributed by atoms with Crippen LogP contribution in [0, 0.1) is 10.4 Å². The van der Waals surface area contributed by atoms with E-state index in [0.29, 0.717) is 11.4 Å². The SMILES string of the molecule is CC(=NO)C(C)=NO.CC(=N[O-])C(C)=N[O-].[Cu+2]. The second kappa shape index (κ2) is 12.5. The van der Waals surface area contributed by atoms with Gasteiger partial charge in [-0.25, -0.2) is 0 Å². The summed E-state index contributed by atoms with van der Waals surface area (Å²) in [6, 6.07) is 0. The molecule has 0 aromatic carbocycles. The van der Waals surface area contributed by atoms with Gasteiger partial charge >= 0.3 is 17.1 Å². The standard InChI is InChI=1S/2C4H8N2O2.Cu/c2*1-3(5-7)4(2)6-8;/h2*7-8H,1-2H3;/q;;+2/p-2. The average Bonchev–Trinajstić information content (AvgIpc) is 2.35. The van der Waals surface area contributed by atoms with Crippen LogP contribution >= 0.6 is 0 Å². The molecule has 0 bridgehead atoms. The van der Waals surface area contributed by atoms with Crippen LogP contribution in [0.15, 0.2) is 20.6 Å². The van der Waals surface area contributed by atoms with Crippen molar-refractivity contribution in [2.24, 2.45) is 20.6 Å². The number of rotatable bonds is 2. The van der Waals surface area contributed by atoms with E-state index in [2.05, 4.69) is 20.6 Å². The summed E-state index contributed by atoms with van der Waals surface area (Å²) in [6.07, 6.45) is 0. The van der Waals surface area contributed by atoms with Gasteiger partial charge in [0.2, 0.25) is 0 Å². The molecule has 0 aliphatic rings. The third-order valence-corrected chi connectivity index (χ3v) is 1.62. The van der Waals surface area contributed by atoms with Crippen molar-refractivity contribution in [2.45, 2.75) is 27.7 Å². The van der Waals surface area contributed by atoms with Gasteiger partial charge in [0, 0.05) is 11.4 Å². The first-order valence-electron chi connectivity index (χ1n) is 4.16. The van der Waals surface area contributed by atoms with E-state index < -0.39 is 0 Å². The summed E-state index contributed by atoms with van der Waals surface area (Å²) in [5.74, 6) is 0. The number of nitrogens with zero attached hydrogens (tertiary/aromatic N) is 4. The Morgan fingerprint density at radius 1 is 0.706 bits per heavy atom. The molecule has 0 saturated heterocycles. The van der Waals surface area contributed by atoms with Gasteiger partial charge in [0.1, 0.15) is 11.4 Å². The molecule has 0 amide bonds. The second-order valence-electron chi connectivity index (χ2n) is 2.72. The van der Waals surface area contributed by atoms with Crippen molar-refractivity contribution >= 4 is 22.8 Å². The molecule has 2 N–H and O–H groups in total. The quantitative estimate of drug-likeness (QED) is 0.345. The van der Waals surface area contributed by atoms with Crippen molar-refractivity contribution < 1.29 is 27.5 Å². The summed E-state index contributed by atoms with van der Waals surface area (Å²) in [7, 11) is 0. The zero-order valence-corrected chi connectivity index (χ0v) is 10.7. The summed E-state index contributed by atoms with van der Waals surface area (Å²) in [6.45, 7) is 5.94. The van der Waals surface area contributed by atoms with E-state index in [0.717, 1.165) is 0 Å². The molecular formula is C8H14CuN4O4. The van der Waals surface area contributed by atoms with E-state index in [1.165, 1.54) is 27.7 Å². The van der Waals surface area contributed by atoms with Gasteiger partial charge in [0.25, 0.3) is 0 Å². The van der Waals surface area contributed by atoms with Gasteiger partial charge in [0.15, 0.2) is 0 Å². The number of hydrogen-bond donors (Lipinski definition) is 2. The van der Waals surface area contributed by atoms with Gasteiger partial charge in [-0.1, -0.05) is 10.3 Å². The van der Waals surface area contributed by atoms with Crippen LogP contribution in [0.25, 0.3) is 0 Å². The maximum atomic E-state index is 9.60. The van der Waals surface area contributed by atoms with E-state index in [4.69, 9.17) is 10.4 Å². The van der Waals surface area contributed by atoms with E-state index >= 15 is 0 Å². The molecule has 0 aromatic heterocycles. The normalized spacial score (nSPS) is 13.4. The van der Waals surface area contributed by atoms with Crippen LogP contribution in [-0.4, -0.2) is 33.3 Å². The molecule has 101 valence electrons. The van der Waals surface area contributed by atoms with Crippen LogP contribution in [-0.2, 0) is 17.1 Å². The molecule has 0 saturated carbocycles. The van der Waals surface area contributed by atoms with E-state index in [-0.39, 0.29) is 28.5 Å². The van der Waals surface area contributed by atoms with Gasteiger partial charge in [0.05, 0.1) is 0 Å². The molecule has 1 radical (unpaired) electrons. The van der Waals surface area contributed by atoms with Crippen molar-refractivity contribution in [2.75, 3.05) is 0 Å². The first kappa shape index (κ1) is 20.8. The van der Waals surface area contributed by atoms with Gasteiger partial charge in [-0.15, -0.1) is 0 Å². The molecule has 17 heavy (non-hydrogen) atoms. The molecule has 8 nitrogen and oxygen atoms in total. The summed E-state index contributed by atoms with van der Waals surface area (Å²) >= 11 is 0. The smallest absolute Gasteiger partial charge is 0.792 e. The Balaban J connectivity index is -0.000000218. The predicted octanol–water partition coefficient (Wildman–Crippen LogP) is 1.59. The topological polar surface area (TPSA) is 136 Å². The second-order valence-corrected chi connectivity index (χ2v) is 2.72. The first-order chi connectivity index (χ1) is 7.44.